The van der Waals surface area contributed by atoms with Gasteiger partial charge in [0.05, 0.1) is 18.8 Å². The van der Waals surface area contributed by atoms with Crippen molar-refractivity contribution in [2.24, 2.45) is 5.41 Å². The van der Waals surface area contributed by atoms with Crippen LogP contribution in [0.5, 0.6) is 5.75 Å². The molecule has 4 aromatic carbocycles. The third kappa shape index (κ3) is 4.23. The number of carbonyl (C=O) groups is 3. The van der Waals surface area contributed by atoms with Crippen LogP contribution in [-0.4, -0.2) is 30.9 Å². The van der Waals surface area contributed by atoms with E-state index in [0.717, 1.165) is 5.39 Å². The Morgan fingerprint density at radius 2 is 1.31 bits per heavy atom. The van der Waals surface area contributed by atoms with Crippen LogP contribution in [0, 0.1) is 5.41 Å². The van der Waals surface area contributed by atoms with Gasteiger partial charge in [-0.25, -0.2) is 0 Å². The summed E-state index contributed by atoms with van der Waals surface area (Å²) in [5, 5.41) is 1.66. The van der Waals surface area contributed by atoms with E-state index in [9.17, 15) is 14.4 Å². The molecule has 0 saturated heterocycles. The first-order valence-corrected chi connectivity index (χ1v) is 14.4. The second-order valence-electron chi connectivity index (χ2n) is 9.11. The smallest absolute Gasteiger partial charge is 0.332 e. The minimum absolute atomic E-state index is 0.0160. The zero-order valence-electron chi connectivity index (χ0n) is 21.5. The first-order chi connectivity index (χ1) is 18.9. The number of carbonyl (C=O) groups excluding carboxylic acids is 3. The number of rotatable bonds is 6. The Morgan fingerprint density at radius 3 is 1.87 bits per heavy atom. The highest BCUT2D eigenvalue weighted by Crippen LogP contribution is 2.69. The monoisotopic (exact) mass is 542 g/mol. The Hall–Kier alpha value is -4.22. The Bertz CT molecular complexity index is 1580. The van der Waals surface area contributed by atoms with Crippen LogP contribution in [-0.2, 0) is 23.6 Å². The summed E-state index contributed by atoms with van der Waals surface area (Å²) in [6.07, 6.45) is 0. The first kappa shape index (κ1) is 26.4. The SMILES string of the molecule is CCOC(=O)C1(C(=O)OCC)C(=O)c2cc3ccccc3cc2OP(=O)(c2ccccc2)C1c1ccccc1. The van der Waals surface area contributed by atoms with E-state index < -0.39 is 36.2 Å². The molecule has 0 N–H and O–H groups in total. The van der Waals surface area contributed by atoms with E-state index in [0.29, 0.717) is 10.9 Å². The van der Waals surface area contributed by atoms with Gasteiger partial charge in [0.2, 0.25) is 5.41 Å². The summed E-state index contributed by atoms with van der Waals surface area (Å²) < 4.78 is 32.7. The third-order valence-electron chi connectivity index (χ3n) is 6.86. The van der Waals surface area contributed by atoms with Crippen molar-refractivity contribution in [1.82, 2.24) is 0 Å². The van der Waals surface area contributed by atoms with Crippen molar-refractivity contribution in [2.45, 2.75) is 19.5 Å². The molecule has 7 nitrogen and oxygen atoms in total. The van der Waals surface area contributed by atoms with Crippen LogP contribution in [0.15, 0.2) is 97.1 Å². The lowest BCUT2D eigenvalue weighted by Crippen LogP contribution is -2.52. The fourth-order valence-electron chi connectivity index (χ4n) is 5.16. The van der Waals surface area contributed by atoms with Crippen molar-refractivity contribution in [3.05, 3.63) is 108 Å². The van der Waals surface area contributed by atoms with E-state index in [4.69, 9.17) is 14.0 Å². The van der Waals surface area contributed by atoms with Crippen molar-refractivity contribution in [3.63, 3.8) is 0 Å². The quantitative estimate of drug-likeness (QED) is 0.171. The third-order valence-corrected chi connectivity index (χ3v) is 9.71. The van der Waals surface area contributed by atoms with Crippen molar-refractivity contribution in [2.75, 3.05) is 13.2 Å². The molecule has 8 heteroatoms. The second-order valence-corrected chi connectivity index (χ2v) is 11.5. The van der Waals surface area contributed by atoms with Crippen molar-refractivity contribution in [1.29, 1.82) is 0 Å². The zero-order valence-corrected chi connectivity index (χ0v) is 22.4. The molecule has 198 valence electrons. The topological polar surface area (TPSA) is 96.0 Å². The van der Waals surface area contributed by atoms with Gasteiger partial charge < -0.3 is 14.0 Å². The molecule has 4 aromatic rings. The fraction of sp³-hybridized carbons (Fsp3) is 0.194. The van der Waals surface area contributed by atoms with Crippen LogP contribution in [0.3, 0.4) is 0 Å². The highest BCUT2D eigenvalue weighted by atomic mass is 31.2. The van der Waals surface area contributed by atoms with Crippen LogP contribution in [0.25, 0.3) is 10.8 Å². The minimum Gasteiger partial charge on any atom is -0.465 e. The number of hydrogen-bond acceptors (Lipinski definition) is 7. The average molecular weight is 543 g/mol. The van der Waals surface area contributed by atoms with E-state index in [-0.39, 0.29) is 29.8 Å². The lowest BCUT2D eigenvalue weighted by atomic mass is 9.74. The Balaban J connectivity index is 1.96. The zero-order chi connectivity index (χ0) is 27.6. The van der Waals surface area contributed by atoms with Gasteiger partial charge in [-0.05, 0) is 54.4 Å². The molecule has 0 spiro atoms. The summed E-state index contributed by atoms with van der Waals surface area (Å²) in [7, 11) is -4.29. The molecule has 1 aliphatic rings. The van der Waals surface area contributed by atoms with Crippen LogP contribution < -0.4 is 9.83 Å². The van der Waals surface area contributed by atoms with E-state index in [1.54, 1.807) is 92.7 Å². The van der Waals surface area contributed by atoms with Crippen LogP contribution in [0.2, 0.25) is 0 Å². The van der Waals surface area contributed by atoms with Crippen LogP contribution >= 0.6 is 7.37 Å². The molecule has 0 saturated carbocycles. The summed E-state index contributed by atoms with van der Waals surface area (Å²) >= 11 is 0. The van der Waals surface area contributed by atoms with E-state index in [1.807, 2.05) is 18.2 Å². The molecule has 39 heavy (non-hydrogen) atoms. The Kier molecular flexibility index (Phi) is 7.11. The number of benzene rings is 4. The van der Waals surface area contributed by atoms with Gasteiger partial charge in [0.15, 0.2) is 5.78 Å². The molecule has 1 heterocycles. The molecule has 2 unspecified atom stereocenters. The molecule has 0 amide bonds. The number of Topliss-reactive ketones (excluding diaryl/α,β-unsaturated/α-hetero) is 1. The van der Waals surface area contributed by atoms with Gasteiger partial charge in [-0.1, -0.05) is 72.8 Å². The lowest BCUT2D eigenvalue weighted by Gasteiger charge is -2.36. The fourth-order valence-corrected chi connectivity index (χ4v) is 8.11. The summed E-state index contributed by atoms with van der Waals surface area (Å²) in [6.45, 7) is 2.92. The molecule has 0 aliphatic carbocycles. The summed E-state index contributed by atoms with van der Waals surface area (Å²) in [5.41, 5.74) is -3.97. The van der Waals surface area contributed by atoms with Gasteiger partial charge in [0, 0.05) is 5.30 Å². The van der Waals surface area contributed by atoms with E-state index in [2.05, 4.69) is 0 Å². The molecule has 0 aromatic heterocycles. The van der Waals surface area contributed by atoms with Gasteiger partial charge in [-0.3, -0.25) is 18.9 Å². The Morgan fingerprint density at radius 1 is 0.795 bits per heavy atom. The highest BCUT2D eigenvalue weighted by Gasteiger charge is 2.69. The molecule has 0 radical (unpaired) electrons. The number of ketones is 1. The molecular weight excluding hydrogens is 515 g/mol. The summed E-state index contributed by atoms with van der Waals surface area (Å²) in [5.74, 6) is -3.14. The van der Waals surface area contributed by atoms with Crippen LogP contribution in [0.1, 0.15) is 35.4 Å². The first-order valence-electron chi connectivity index (χ1n) is 12.7. The van der Waals surface area contributed by atoms with Crippen LogP contribution in [0.4, 0.5) is 0 Å². The average Bonchev–Trinajstić information content (AvgIpc) is 3.04. The number of hydrogen-bond donors (Lipinski definition) is 0. The summed E-state index contributed by atoms with van der Waals surface area (Å²) in [4.78, 5) is 42.8. The van der Waals surface area contributed by atoms with Gasteiger partial charge in [0.1, 0.15) is 11.4 Å². The molecular formula is C31H27O7P. The van der Waals surface area contributed by atoms with Crippen molar-refractivity contribution in [3.8, 4) is 5.75 Å². The predicted molar refractivity (Wildman–Crippen MR) is 147 cm³/mol. The molecule has 2 atom stereocenters. The van der Waals surface area contributed by atoms with Gasteiger partial charge in [0.25, 0.3) is 7.37 Å². The van der Waals surface area contributed by atoms with Gasteiger partial charge >= 0.3 is 11.9 Å². The molecule has 1 aliphatic heterocycles. The second kappa shape index (κ2) is 10.5. The minimum atomic E-state index is -4.29. The maximum Gasteiger partial charge on any atom is 0.332 e. The normalized spacial score (nSPS) is 19.8. The molecule has 0 bridgehead atoms. The van der Waals surface area contributed by atoms with Crippen molar-refractivity contribution >= 4 is 41.2 Å². The summed E-state index contributed by atoms with van der Waals surface area (Å²) in [6, 6.07) is 27.1. The maximum absolute atomic E-state index is 15.5. The van der Waals surface area contributed by atoms with Crippen molar-refractivity contribution < 1.29 is 32.9 Å². The van der Waals surface area contributed by atoms with Gasteiger partial charge in [-0.15, -0.1) is 0 Å². The number of esters is 2. The standard InChI is InChI=1S/C31H27O7P/c1-3-36-29(33)31(30(34)37-4-2)27(32)25-19-22-15-11-12-16-23(22)20-26(25)38-39(35,24-17-9-6-10-18-24)28(31)21-13-7-5-8-14-21/h5-20,28H,3-4H2,1-2H3. The van der Waals surface area contributed by atoms with E-state index in [1.165, 1.54) is 0 Å². The maximum atomic E-state index is 15.5. The van der Waals surface area contributed by atoms with E-state index >= 15 is 4.57 Å². The Labute approximate surface area is 226 Å². The molecule has 0 fully saturated rings. The van der Waals surface area contributed by atoms with Gasteiger partial charge in [-0.2, -0.15) is 0 Å². The molecule has 5 rings (SSSR count). The predicted octanol–water partition coefficient (Wildman–Crippen LogP) is 5.87. The number of fused-ring (bicyclic) bond motifs is 2. The lowest BCUT2D eigenvalue weighted by molar-refractivity contribution is -0.168. The largest absolute Gasteiger partial charge is 0.465 e. The highest BCUT2D eigenvalue weighted by molar-refractivity contribution is 7.68. The number of ether oxygens (including phenoxy) is 2.